The third kappa shape index (κ3) is 2.46. The molecule has 1 aromatic carbocycles. The van der Waals surface area contributed by atoms with Gasteiger partial charge in [-0.15, -0.1) is 0 Å². The molecule has 0 bridgehead atoms. The molecule has 17 heavy (non-hydrogen) atoms. The number of benzene rings is 1. The summed E-state index contributed by atoms with van der Waals surface area (Å²) in [5.74, 6) is 0. The van der Waals surface area contributed by atoms with Crippen molar-refractivity contribution in [2.45, 2.75) is 16.8 Å². The monoisotopic (exact) mass is 263 g/mol. The van der Waals surface area contributed by atoms with Gasteiger partial charge in [-0.2, -0.15) is 10.4 Å². The van der Waals surface area contributed by atoms with Gasteiger partial charge in [0.1, 0.15) is 16.7 Å². The van der Waals surface area contributed by atoms with E-state index in [-0.39, 0.29) is 0 Å². The molecule has 1 aromatic heterocycles. The van der Waals surface area contributed by atoms with Crippen LogP contribution in [0.15, 0.2) is 34.2 Å². The second-order valence-electron chi connectivity index (χ2n) is 3.56. The van der Waals surface area contributed by atoms with Crippen LogP contribution in [0.25, 0.3) is 0 Å². The molecule has 2 rings (SSSR count). The van der Waals surface area contributed by atoms with E-state index in [1.54, 1.807) is 4.68 Å². The highest BCUT2D eigenvalue weighted by Gasteiger charge is 2.14. The maximum Gasteiger partial charge on any atom is 0.117 e. The number of nitrogens with zero attached hydrogens (tertiary/aromatic N) is 3. The summed E-state index contributed by atoms with van der Waals surface area (Å²) < 4.78 is 1.72. The maximum atomic E-state index is 9.10. The van der Waals surface area contributed by atoms with Crippen LogP contribution in [0, 0.1) is 18.3 Å². The predicted molar refractivity (Wildman–Crippen MR) is 68.2 cm³/mol. The Labute approximate surface area is 109 Å². The fourth-order valence-corrected chi connectivity index (χ4v) is 2.80. The minimum Gasteiger partial charge on any atom is -0.260 e. The second-order valence-corrected chi connectivity index (χ2v) is 5.06. The lowest BCUT2D eigenvalue weighted by Gasteiger charge is -2.02. The van der Waals surface area contributed by atoms with Crippen molar-refractivity contribution in [3.63, 3.8) is 0 Å². The van der Waals surface area contributed by atoms with Gasteiger partial charge in [-0.3, -0.25) is 4.68 Å². The Bertz CT molecular complexity index is 598. The molecule has 0 N–H and O–H groups in total. The summed E-state index contributed by atoms with van der Waals surface area (Å²) in [7, 11) is 1.83. The zero-order valence-corrected chi connectivity index (χ0v) is 11.0. The molecular weight excluding hydrogens is 254 g/mol. The van der Waals surface area contributed by atoms with Crippen molar-refractivity contribution in [3.05, 3.63) is 40.5 Å². The number of nitriles is 1. The summed E-state index contributed by atoms with van der Waals surface area (Å²) in [5, 5.41) is 14.9. The van der Waals surface area contributed by atoms with Gasteiger partial charge >= 0.3 is 0 Å². The van der Waals surface area contributed by atoms with Gasteiger partial charge < -0.3 is 0 Å². The van der Waals surface area contributed by atoms with Gasteiger partial charge in [-0.1, -0.05) is 29.4 Å². The summed E-state index contributed by atoms with van der Waals surface area (Å²) in [4.78, 5) is 0.997. The Kier molecular flexibility index (Phi) is 3.41. The van der Waals surface area contributed by atoms with Crippen LogP contribution in [-0.2, 0) is 7.05 Å². The molecule has 0 atom stereocenters. The molecule has 0 amide bonds. The van der Waals surface area contributed by atoms with Gasteiger partial charge in [0, 0.05) is 17.0 Å². The van der Waals surface area contributed by atoms with E-state index in [1.807, 2.05) is 38.2 Å². The Morgan fingerprint density at radius 2 is 2.24 bits per heavy atom. The molecule has 0 unspecified atom stereocenters. The van der Waals surface area contributed by atoms with Crippen LogP contribution in [0.2, 0.25) is 5.02 Å². The summed E-state index contributed by atoms with van der Waals surface area (Å²) in [5.41, 5.74) is 1.37. The lowest BCUT2D eigenvalue weighted by atomic mass is 10.3. The average molecular weight is 264 g/mol. The van der Waals surface area contributed by atoms with Gasteiger partial charge in [0.25, 0.3) is 0 Å². The zero-order chi connectivity index (χ0) is 12.4. The van der Waals surface area contributed by atoms with Crippen molar-refractivity contribution >= 4 is 23.4 Å². The van der Waals surface area contributed by atoms with E-state index in [4.69, 9.17) is 16.9 Å². The van der Waals surface area contributed by atoms with E-state index in [0.717, 1.165) is 15.6 Å². The first-order chi connectivity index (χ1) is 8.11. The number of hydrogen-bond acceptors (Lipinski definition) is 3. The molecule has 0 aliphatic heterocycles. The van der Waals surface area contributed by atoms with E-state index in [2.05, 4.69) is 11.2 Å². The quantitative estimate of drug-likeness (QED) is 0.834. The summed E-state index contributed by atoms with van der Waals surface area (Å²) in [6.45, 7) is 1.83. The van der Waals surface area contributed by atoms with E-state index >= 15 is 0 Å². The molecule has 0 saturated carbocycles. The number of halogens is 1. The summed E-state index contributed by atoms with van der Waals surface area (Å²) in [6, 6.07) is 9.73. The third-order valence-corrected chi connectivity index (χ3v) is 3.68. The molecule has 5 heteroatoms. The second kappa shape index (κ2) is 4.82. The standard InChI is InChI=1S/C12H10ClN3S/c1-8-11(7-14)12(16(2)15-8)17-10-5-3-4-9(13)6-10/h3-6H,1-2H3. The lowest BCUT2D eigenvalue weighted by molar-refractivity contribution is 0.692. The van der Waals surface area contributed by atoms with Crippen LogP contribution in [0.3, 0.4) is 0 Å². The molecule has 0 aliphatic carbocycles. The average Bonchev–Trinajstić information content (AvgIpc) is 2.53. The molecule has 2 aromatic rings. The first-order valence-corrected chi connectivity index (χ1v) is 6.18. The topological polar surface area (TPSA) is 41.6 Å². The van der Waals surface area contributed by atoms with Crippen molar-refractivity contribution in [2.24, 2.45) is 7.05 Å². The van der Waals surface area contributed by atoms with Gasteiger partial charge in [0.15, 0.2) is 0 Å². The highest BCUT2D eigenvalue weighted by Crippen LogP contribution is 2.32. The van der Waals surface area contributed by atoms with Crippen molar-refractivity contribution in [1.82, 2.24) is 9.78 Å². The van der Waals surface area contributed by atoms with Gasteiger partial charge in [0.2, 0.25) is 0 Å². The normalized spacial score (nSPS) is 10.2. The predicted octanol–water partition coefficient (Wildman–Crippen LogP) is 3.40. The minimum atomic E-state index is 0.623. The molecular formula is C12H10ClN3S. The highest BCUT2D eigenvalue weighted by atomic mass is 35.5. The van der Waals surface area contributed by atoms with Crippen LogP contribution in [0.4, 0.5) is 0 Å². The number of aryl methyl sites for hydroxylation is 2. The zero-order valence-electron chi connectivity index (χ0n) is 9.44. The van der Waals surface area contributed by atoms with Crippen LogP contribution >= 0.6 is 23.4 Å². The molecule has 0 aliphatic rings. The smallest absolute Gasteiger partial charge is 0.117 e. The van der Waals surface area contributed by atoms with E-state index < -0.39 is 0 Å². The molecule has 1 heterocycles. The van der Waals surface area contributed by atoms with E-state index in [1.165, 1.54) is 11.8 Å². The number of aromatic nitrogens is 2. The van der Waals surface area contributed by atoms with Crippen molar-refractivity contribution in [2.75, 3.05) is 0 Å². The van der Waals surface area contributed by atoms with Gasteiger partial charge in [-0.25, -0.2) is 0 Å². The minimum absolute atomic E-state index is 0.623. The Balaban J connectivity index is 2.40. The first kappa shape index (κ1) is 12.0. The molecule has 0 radical (unpaired) electrons. The summed E-state index contributed by atoms with van der Waals surface area (Å²) >= 11 is 7.42. The van der Waals surface area contributed by atoms with E-state index in [0.29, 0.717) is 10.6 Å². The Morgan fingerprint density at radius 3 is 2.88 bits per heavy atom. The van der Waals surface area contributed by atoms with Crippen LogP contribution in [0.1, 0.15) is 11.3 Å². The summed E-state index contributed by atoms with van der Waals surface area (Å²) in [6.07, 6.45) is 0. The number of rotatable bonds is 2. The SMILES string of the molecule is Cc1nn(C)c(Sc2cccc(Cl)c2)c1C#N. The molecule has 0 spiro atoms. The van der Waals surface area contributed by atoms with Crippen molar-refractivity contribution in [3.8, 4) is 6.07 Å². The van der Waals surface area contributed by atoms with Gasteiger partial charge in [-0.05, 0) is 25.1 Å². The molecule has 3 nitrogen and oxygen atoms in total. The number of hydrogen-bond donors (Lipinski definition) is 0. The fourth-order valence-electron chi connectivity index (χ4n) is 1.52. The fraction of sp³-hybridized carbons (Fsp3) is 0.167. The highest BCUT2D eigenvalue weighted by molar-refractivity contribution is 7.99. The van der Waals surface area contributed by atoms with Crippen LogP contribution in [0.5, 0.6) is 0 Å². The van der Waals surface area contributed by atoms with Crippen LogP contribution < -0.4 is 0 Å². The largest absolute Gasteiger partial charge is 0.260 e. The molecule has 0 fully saturated rings. The lowest BCUT2D eigenvalue weighted by Crippen LogP contribution is -1.92. The molecule has 0 saturated heterocycles. The third-order valence-electron chi connectivity index (χ3n) is 2.29. The first-order valence-electron chi connectivity index (χ1n) is 4.99. The Hall–Kier alpha value is -1.44. The van der Waals surface area contributed by atoms with E-state index in [9.17, 15) is 0 Å². The Morgan fingerprint density at radius 1 is 1.47 bits per heavy atom. The molecule has 86 valence electrons. The van der Waals surface area contributed by atoms with Gasteiger partial charge in [0.05, 0.1) is 5.69 Å². The van der Waals surface area contributed by atoms with Crippen molar-refractivity contribution < 1.29 is 0 Å². The maximum absolute atomic E-state index is 9.10. The van der Waals surface area contributed by atoms with Crippen LogP contribution in [-0.4, -0.2) is 9.78 Å². The van der Waals surface area contributed by atoms with Crippen molar-refractivity contribution in [1.29, 1.82) is 5.26 Å².